The van der Waals surface area contributed by atoms with Crippen molar-refractivity contribution in [3.63, 3.8) is 0 Å². The van der Waals surface area contributed by atoms with E-state index >= 15 is 0 Å². The maximum atomic E-state index is 13.4. The van der Waals surface area contributed by atoms with Crippen LogP contribution in [0.2, 0.25) is 0 Å². The largest absolute Gasteiger partial charge is 1.00 e. The van der Waals surface area contributed by atoms with Gasteiger partial charge in [0.25, 0.3) is 5.56 Å². The number of rotatable bonds is 6. The number of benzene rings is 1. The predicted molar refractivity (Wildman–Crippen MR) is 98.5 cm³/mol. The van der Waals surface area contributed by atoms with Gasteiger partial charge in [0.05, 0.1) is 0 Å². The van der Waals surface area contributed by atoms with Crippen LogP contribution in [0.15, 0.2) is 46.1 Å². The van der Waals surface area contributed by atoms with Crippen molar-refractivity contribution in [1.29, 1.82) is 0 Å². The van der Waals surface area contributed by atoms with Crippen LogP contribution in [0.4, 0.5) is 9.18 Å². The van der Waals surface area contributed by atoms with Gasteiger partial charge < -0.3 is 39.4 Å². The average molecular weight is 519 g/mol. The molecule has 1 fully saturated rings. The third-order valence-electron chi connectivity index (χ3n) is 4.55. The predicted octanol–water partition coefficient (Wildman–Crippen LogP) is -8.36. The Labute approximate surface area is 235 Å². The molecule has 17 heteroatoms. The minimum Gasteiger partial charge on any atom is -0.808 e. The van der Waals surface area contributed by atoms with Crippen molar-refractivity contribution in [2.45, 2.75) is 30.4 Å². The molecule has 1 amide bonds. The first-order chi connectivity index (χ1) is 15.0. The molecule has 0 bridgehead atoms. The van der Waals surface area contributed by atoms with Crippen molar-refractivity contribution in [2.24, 2.45) is 0 Å². The first kappa shape index (κ1) is 31.2. The summed E-state index contributed by atoms with van der Waals surface area (Å²) in [6.45, 7) is -0.524. The number of ether oxygens (including phenoxy) is 2. The summed E-state index contributed by atoms with van der Waals surface area (Å²) in [4.78, 5) is 59.9. The number of nitrogens with zero attached hydrogens (tertiary/aromatic N) is 1. The maximum Gasteiger partial charge on any atom is 1.00 e. The molecule has 1 aromatic heterocycles. The molecule has 34 heavy (non-hydrogen) atoms. The number of carbonyl (C=O) groups is 1. The van der Waals surface area contributed by atoms with E-state index in [1.54, 1.807) is 0 Å². The van der Waals surface area contributed by atoms with Crippen LogP contribution in [0, 0.1) is 5.82 Å². The normalized spacial score (nSPS) is 22.7. The van der Waals surface area contributed by atoms with Crippen LogP contribution in [-0.2, 0) is 14.0 Å². The monoisotopic (exact) mass is 519 g/mol. The van der Waals surface area contributed by atoms with Crippen LogP contribution in [0.3, 0.4) is 0 Å². The SMILES string of the molecule is O=C(NC[C@H]1O[C@@H](n2ccc(=O)[nH]c2=O)[C@H](O)[C@@H]1O)OC(c1cccc(F)c1)P(=O)([O-])[O-].[Na+].[Na+]. The number of aromatic amines is 1. The second kappa shape index (κ2) is 12.9. The number of halogens is 1. The van der Waals surface area contributed by atoms with E-state index in [9.17, 15) is 43.3 Å². The number of aliphatic hydroxyl groups is 2. The molecular formula is C17H17FN3Na2O10P. The Balaban J connectivity index is 0.00000289. The molecule has 4 N–H and O–H groups in total. The van der Waals surface area contributed by atoms with Gasteiger partial charge in [0.2, 0.25) is 0 Å². The minimum atomic E-state index is -5.54. The number of amides is 1. The van der Waals surface area contributed by atoms with Crippen LogP contribution in [0.1, 0.15) is 17.6 Å². The van der Waals surface area contributed by atoms with Crippen LogP contribution in [-0.4, -0.2) is 50.7 Å². The van der Waals surface area contributed by atoms with E-state index in [2.05, 4.69) is 10.1 Å². The van der Waals surface area contributed by atoms with E-state index in [-0.39, 0.29) is 59.1 Å². The summed E-state index contributed by atoms with van der Waals surface area (Å²) >= 11 is 0. The number of alkyl carbamates (subject to hydrolysis) is 1. The molecule has 5 atom stereocenters. The van der Waals surface area contributed by atoms with Crippen LogP contribution in [0.25, 0.3) is 0 Å². The zero-order chi connectivity index (χ0) is 23.6. The van der Waals surface area contributed by atoms with Gasteiger partial charge in [-0.05, 0) is 19.7 Å². The average Bonchev–Trinajstić information content (AvgIpc) is 2.98. The molecule has 1 aliphatic rings. The Kier molecular flexibility index (Phi) is 11.8. The summed E-state index contributed by atoms with van der Waals surface area (Å²) in [6, 6.07) is 4.90. The number of H-pyrrole nitrogens is 1. The fourth-order valence-corrected chi connectivity index (χ4v) is 3.81. The van der Waals surface area contributed by atoms with Crippen molar-refractivity contribution in [1.82, 2.24) is 14.9 Å². The Morgan fingerprint density at radius 3 is 2.53 bits per heavy atom. The van der Waals surface area contributed by atoms with Gasteiger partial charge in [-0.2, -0.15) is 0 Å². The summed E-state index contributed by atoms with van der Waals surface area (Å²) in [7, 11) is -5.54. The standard InChI is InChI=1S/C17H19FN3O10P.2Na/c18-9-3-1-2-8(6-9)15(32(27,28)29)31-17(26)19-7-10-12(23)13(24)14(30-10)21-5-4-11(22)20-16(21)25;;/h1-6,10,12-15,23-24H,7H2,(H,19,26)(H,20,22,25)(H2,27,28,29);;/q;2*+1/p-2/t10-,12-,13-,14-,15?;;/m1../s1. The van der Waals surface area contributed by atoms with Gasteiger partial charge in [-0.15, -0.1) is 0 Å². The molecule has 1 unspecified atom stereocenters. The van der Waals surface area contributed by atoms with Crippen LogP contribution in [0.5, 0.6) is 0 Å². The molecule has 0 aliphatic carbocycles. The van der Waals surface area contributed by atoms with E-state index in [1.807, 2.05) is 4.98 Å². The molecular weight excluding hydrogens is 502 g/mol. The quantitative estimate of drug-likeness (QED) is 0.209. The molecule has 2 heterocycles. The Bertz CT molecular complexity index is 1160. The molecule has 0 spiro atoms. The zero-order valence-corrected chi connectivity index (χ0v) is 22.9. The number of carbonyl (C=O) groups excluding carboxylic acids is 1. The third kappa shape index (κ3) is 7.56. The van der Waals surface area contributed by atoms with E-state index < -0.39 is 73.2 Å². The molecule has 3 rings (SSSR count). The molecule has 174 valence electrons. The Hall–Kier alpha value is -0.870. The maximum absolute atomic E-state index is 13.4. The van der Waals surface area contributed by atoms with Gasteiger partial charge in [0.1, 0.15) is 24.1 Å². The van der Waals surface area contributed by atoms with Crippen LogP contribution < -0.4 is 85.5 Å². The Morgan fingerprint density at radius 2 is 1.94 bits per heavy atom. The number of aliphatic hydroxyl groups excluding tert-OH is 2. The summed E-state index contributed by atoms with van der Waals surface area (Å²) in [5.41, 5.74) is -2.01. The number of hydrogen-bond acceptors (Lipinski definition) is 10. The van der Waals surface area contributed by atoms with Crippen molar-refractivity contribution < 1.29 is 102 Å². The molecule has 0 saturated carbocycles. The summed E-state index contributed by atoms with van der Waals surface area (Å²) in [5, 5.41) is 22.3. The topological polar surface area (TPSA) is 206 Å². The van der Waals surface area contributed by atoms with E-state index in [4.69, 9.17) is 4.74 Å². The first-order valence-corrected chi connectivity index (χ1v) is 10.6. The summed E-state index contributed by atoms with van der Waals surface area (Å²) in [5.74, 6) is -3.17. The summed E-state index contributed by atoms with van der Waals surface area (Å²) < 4.78 is 35.6. The second-order valence-electron chi connectivity index (χ2n) is 6.80. The molecule has 1 aromatic carbocycles. The van der Waals surface area contributed by atoms with Gasteiger partial charge in [0.15, 0.2) is 12.1 Å². The molecule has 1 saturated heterocycles. The van der Waals surface area contributed by atoms with E-state index in [1.165, 1.54) is 0 Å². The third-order valence-corrected chi connectivity index (χ3v) is 5.53. The molecule has 1 aliphatic heterocycles. The van der Waals surface area contributed by atoms with Gasteiger partial charge in [-0.25, -0.2) is 14.0 Å². The van der Waals surface area contributed by atoms with Crippen molar-refractivity contribution in [3.05, 3.63) is 68.7 Å². The smallest absolute Gasteiger partial charge is 0.808 e. The number of aromatic nitrogens is 2. The van der Waals surface area contributed by atoms with Crippen LogP contribution >= 0.6 is 7.60 Å². The number of hydrogen-bond donors (Lipinski definition) is 4. The van der Waals surface area contributed by atoms with Crippen molar-refractivity contribution >= 4 is 13.7 Å². The van der Waals surface area contributed by atoms with Gasteiger partial charge in [-0.1, -0.05) is 12.1 Å². The Morgan fingerprint density at radius 1 is 1.26 bits per heavy atom. The first-order valence-electron chi connectivity index (χ1n) is 9.02. The molecule has 2 aromatic rings. The number of nitrogens with one attached hydrogen (secondary N) is 2. The van der Waals surface area contributed by atoms with Gasteiger partial charge in [0, 0.05) is 24.4 Å². The second-order valence-corrected chi connectivity index (χ2v) is 8.35. The van der Waals surface area contributed by atoms with Gasteiger partial charge >= 0.3 is 70.9 Å². The zero-order valence-electron chi connectivity index (χ0n) is 18.0. The molecule has 13 nitrogen and oxygen atoms in total. The fraction of sp³-hybridized carbons (Fsp3) is 0.353. The molecule has 0 radical (unpaired) electrons. The summed E-state index contributed by atoms with van der Waals surface area (Å²) in [6.07, 6.45) is -6.26. The van der Waals surface area contributed by atoms with E-state index in [0.29, 0.717) is 6.07 Å². The van der Waals surface area contributed by atoms with Crippen molar-refractivity contribution in [3.8, 4) is 0 Å². The van der Waals surface area contributed by atoms with Gasteiger partial charge in [-0.3, -0.25) is 14.3 Å². The van der Waals surface area contributed by atoms with E-state index in [0.717, 1.165) is 35.0 Å². The minimum absolute atomic E-state index is 0. The fourth-order valence-electron chi connectivity index (χ4n) is 3.06. The van der Waals surface area contributed by atoms with Crippen molar-refractivity contribution in [2.75, 3.05) is 6.54 Å².